The van der Waals surface area contributed by atoms with Crippen LogP contribution in [0.25, 0.3) is 0 Å². The van der Waals surface area contributed by atoms with E-state index in [0.29, 0.717) is 16.8 Å². The van der Waals surface area contributed by atoms with Gasteiger partial charge in [-0.25, -0.2) is 4.98 Å². The fraction of sp³-hybridized carbons (Fsp3) is 0.500. The zero-order chi connectivity index (χ0) is 11.1. The highest BCUT2D eigenvalue weighted by molar-refractivity contribution is 6.41. The molecule has 0 N–H and O–H groups in total. The van der Waals surface area contributed by atoms with Crippen LogP contribution in [0.1, 0.15) is 25.5 Å². The van der Waals surface area contributed by atoms with Crippen LogP contribution in [-0.4, -0.2) is 17.4 Å². The lowest BCUT2D eigenvalue weighted by atomic mass is 10.2. The van der Waals surface area contributed by atoms with E-state index in [0.717, 1.165) is 5.56 Å². The first kappa shape index (κ1) is 11.1. The molecule has 3 nitrogen and oxygen atoms in total. The summed E-state index contributed by atoms with van der Waals surface area (Å²) in [6.07, 6.45) is 1.53. The Morgan fingerprint density at radius 1 is 1.47 bits per heavy atom. The van der Waals surface area contributed by atoms with Crippen LogP contribution in [0.3, 0.4) is 0 Å². The van der Waals surface area contributed by atoms with Gasteiger partial charge in [0.2, 0.25) is 0 Å². The summed E-state index contributed by atoms with van der Waals surface area (Å²) in [5, 5.41) is 0.737. The minimum atomic E-state index is -0.545. The van der Waals surface area contributed by atoms with Gasteiger partial charge in [-0.15, -0.1) is 0 Å². The second-order valence-electron chi connectivity index (χ2n) is 3.86. The Balaban J connectivity index is 2.21. The third-order valence-corrected chi connectivity index (χ3v) is 2.88. The van der Waals surface area contributed by atoms with Crippen molar-refractivity contribution in [3.63, 3.8) is 0 Å². The summed E-state index contributed by atoms with van der Waals surface area (Å²) in [6, 6.07) is 1.76. The largest absolute Gasteiger partial charge is 0.347 e. The lowest BCUT2D eigenvalue weighted by Crippen LogP contribution is -2.19. The first-order valence-corrected chi connectivity index (χ1v) is 5.36. The number of nitrogens with zero attached hydrogens (tertiary/aromatic N) is 1. The summed E-state index contributed by atoms with van der Waals surface area (Å²) in [6.45, 7) is 4.25. The molecule has 1 aromatic rings. The molecular formula is C10H11Cl2NO2. The molecule has 5 heteroatoms. The van der Waals surface area contributed by atoms with Gasteiger partial charge < -0.3 is 9.47 Å². The molecule has 0 saturated carbocycles. The SMILES string of the molecule is CC1(C)OC[C@H](c2cnc(Cl)c(Cl)c2)O1. The Bertz CT molecular complexity index is 382. The van der Waals surface area contributed by atoms with Crippen molar-refractivity contribution >= 4 is 23.2 Å². The molecule has 2 rings (SSSR count). The first-order valence-electron chi connectivity index (χ1n) is 4.61. The van der Waals surface area contributed by atoms with E-state index < -0.39 is 5.79 Å². The molecule has 1 aliphatic rings. The van der Waals surface area contributed by atoms with Gasteiger partial charge in [0.05, 0.1) is 11.6 Å². The smallest absolute Gasteiger partial charge is 0.163 e. The van der Waals surface area contributed by atoms with Crippen molar-refractivity contribution in [2.75, 3.05) is 6.61 Å². The minimum Gasteiger partial charge on any atom is -0.347 e. The molecule has 0 bridgehead atoms. The number of rotatable bonds is 1. The number of ether oxygens (including phenoxy) is 2. The van der Waals surface area contributed by atoms with E-state index in [1.807, 2.05) is 13.8 Å². The molecule has 1 fully saturated rings. The van der Waals surface area contributed by atoms with Gasteiger partial charge in [0.1, 0.15) is 11.3 Å². The molecule has 0 spiro atoms. The lowest BCUT2D eigenvalue weighted by Gasteiger charge is -2.17. The van der Waals surface area contributed by atoms with Gasteiger partial charge in [-0.3, -0.25) is 0 Å². The monoisotopic (exact) mass is 247 g/mol. The molecule has 82 valence electrons. The first-order chi connectivity index (χ1) is 6.98. The van der Waals surface area contributed by atoms with Crippen LogP contribution >= 0.6 is 23.2 Å². The Morgan fingerprint density at radius 2 is 2.20 bits per heavy atom. The van der Waals surface area contributed by atoms with Crippen LogP contribution in [0.5, 0.6) is 0 Å². The van der Waals surface area contributed by atoms with Gasteiger partial charge in [0, 0.05) is 11.8 Å². The van der Waals surface area contributed by atoms with Crippen molar-refractivity contribution in [1.82, 2.24) is 4.98 Å². The van der Waals surface area contributed by atoms with Crippen molar-refractivity contribution in [3.05, 3.63) is 28.0 Å². The maximum absolute atomic E-state index is 5.87. The van der Waals surface area contributed by atoms with Crippen LogP contribution in [0, 0.1) is 0 Å². The zero-order valence-electron chi connectivity index (χ0n) is 8.46. The van der Waals surface area contributed by atoms with Gasteiger partial charge in [-0.1, -0.05) is 23.2 Å². The molecule has 1 atom stereocenters. The molecule has 0 radical (unpaired) electrons. The number of hydrogen-bond acceptors (Lipinski definition) is 3. The molecule has 1 aromatic heterocycles. The number of aromatic nitrogens is 1. The van der Waals surface area contributed by atoms with Crippen LogP contribution < -0.4 is 0 Å². The number of pyridine rings is 1. The van der Waals surface area contributed by atoms with E-state index in [9.17, 15) is 0 Å². The van der Waals surface area contributed by atoms with Crippen molar-refractivity contribution in [2.24, 2.45) is 0 Å². The Morgan fingerprint density at radius 3 is 2.73 bits per heavy atom. The van der Waals surface area contributed by atoms with Crippen LogP contribution in [0.2, 0.25) is 10.2 Å². The van der Waals surface area contributed by atoms with Crippen LogP contribution in [0.4, 0.5) is 0 Å². The zero-order valence-corrected chi connectivity index (χ0v) is 9.97. The van der Waals surface area contributed by atoms with E-state index in [1.165, 1.54) is 0 Å². The molecule has 1 saturated heterocycles. The molecule has 15 heavy (non-hydrogen) atoms. The number of halogens is 2. The van der Waals surface area contributed by atoms with E-state index in [-0.39, 0.29) is 6.10 Å². The van der Waals surface area contributed by atoms with E-state index in [4.69, 9.17) is 32.7 Å². The Labute approximate surface area is 98.3 Å². The highest BCUT2D eigenvalue weighted by Crippen LogP contribution is 2.34. The fourth-order valence-corrected chi connectivity index (χ4v) is 1.74. The topological polar surface area (TPSA) is 31.4 Å². The lowest BCUT2D eigenvalue weighted by molar-refractivity contribution is -0.139. The number of hydrogen-bond donors (Lipinski definition) is 0. The molecule has 0 aliphatic carbocycles. The van der Waals surface area contributed by atoms with Gasteiger partial charge in [-0.05, 0) is 19.9 Å². The third-order valence-electron chi connectivity index (χ3n) is 2.20. The second kappa shape index (κ2) is 3.91. The summed E-state index contributed by atoms with van der Waals surface area (Å²) in [5.41, 5.74) is 0.884. The predicted molar refractivity (Wildman–Crippen MR) is 58.1 cm³/mol. The van der Waals surface area contributed by atoms with Gasteiger partial charge >= 0.3 is 0 Å². The standard InChI is InChI=1S/C10H11Cl2NO2/c1-10(2)14-5-8(15-10)6-3-7(11)9(12)13-4-6/h3-4,8H,5H2,1-2H3/t8-/m1/s1. The molecule has 2 heterocycles. The minimum absolute atomic E-state index is 0.123. The van der Waals surface area contributed by atoms with E-state index >= 15 is 0 Å². The second-order valence-corrected chi connectivity index (χ2v) is 4.62. The molecule has 1 aliphatic heterocycles. The maximum atomic E-state index is 5.87. The van der Waals surface area contributed by atoms with Crippen molar-refractivity contribution in [1.29, 1.82) is 0 Å². The van der Waals surface area contributed by atoms with Crippen molar-refractivity contribution < 1.29 is 9.47 Å². The van der Waals surface area contributed by atoms with Crippen LogP contribution in [0.15, 0.2) is 12.3 Å². The highest BCUT2D eigenvalue weighted by Gasteiger charge is 2.33. The fourth-order valence-electron chi connectivity index (χ4n) is 1.46. The average Bonchev–Trinajstić information content (AvgIpc) is 2.51. The maximum Gasteiger partial charge on any atom is 0.163 e. The van der Waals surface area contributed by atoms with Crippen molar-refractivity contribution in [3.8, 4) is 0 Å². The predicted octanol–water partition coefficient (Wildman–Crippen LogP) is 3.21. The van der Waals surface area contributed by atoms with Crippen LogP contribution in [-0.2, 0) is 9.47 Å². The molecule has 0 unspecified atom stereocenters. The highest BCUT2D eigenvalue weighted by atomic mass is 35.5. The molecule has 0 aromatic carbocycles. The normalized spacial score (nSPS) is 24.4. The van der Waals surface area contributed by atoms with E-state index in [1.54, 1.807) is 12.3 Å². The summed E-state index contributed by atoms with van der Waals surface area (Å²) in [4.78, 5) is 3.97. The van der Waals surface area contributed by atoms with E-state index in [2.05, 4.69) is 4.98 Å². The summed E-state index contributed by atoms with van der Waals surface area (Å²) in [5.74, 6) is -0.545. The third kappa shape index (κ3) is 2.42. The van der Waals surface area contributed by atoms with Gasteiger partial charge in [0.25, 0.3) is 0 Å². The summed E-state index contributed by atoms with van der Waals surface area (Å²) < 4.78 is 11.1. The Hall–Kier alpha value is -0.350. The quantitative estimate of drug-likeness (QED) is 0.715. The average molecular weight is 248 g/mol. The molecule has 0 amide bonds. The molecular weight excluding hydrogens is 237 g/mol. The summed E-state index contributed by atoms with van der Waals surface area (Å²) in [7, 11) is 0. The summed E-state index contributed by atoms with van der Waals surface area (Å²) >= 11 is 11.6. The van der Waals surface area contributed by atoms with Gasteiger partial charge in [0.15, 0.2) is 5.79 Å². The van der Waals surface area contributed by atoms with Gasteiger partial charge in [-0.2, -0.15) is 0 Å². The Kier molecular flexibility index (Phi) is 2.90. The van der Waals surface area contributed by atoms with Crippen molar-refractivity contribution in [2.45, 2.75) is 25.7 Å².